The van der Waals surface area contributed by atoms with Crippen molar-refractivity contribution in [1.82, 2.24) is 0 Å². The average molecular weight is 406 g/mol. The highest BCUT2D eigenvalue weighted by molar-refractivity contribution is 14.1. The van der Waals surface area contributed by atoms with Crippen LogP contribution in [0.3, 0.4) is 0 Å². The van der Waals surface area contributed by atoms with Gasteiger partial charge in [-0.3, -0.25) is 4.79 Å². The molecular formula is C14H10Cl2INO. The number of carbonyl (C=O) groups excluding carboxylic acids is 1. The second kappa shape index (κ2) is 6.11. The third-order valence-electron chi connectivity index (χ3n) is 2.61. The molecule has 0 heterocycles. The van der Waals surface area contributed by atoms with Gasteiger partial charge in [0.15, 0.2) is 0 Å². The molecule has 2 aromatic rings. The zero-order chi connectivity index (χ0) is 14.0. The molecule has 0 atom stereocenters. The molecule has 0 aromatic heterocycles. The third-order valence-corrected chi connectivity index (χ3v) is 4.34. The van der Waals surface area contributed by atoms with Crippen molar-refractivity contribution in [2.45, 2.75) is 6.92 Å². The molecule has 2 aromatic carbocycles. The van der Waals surface area contributed by atoms with E-state index in [4.69, 9.17) is 23.2 Å². The molecule has 0 bridgehead atoms. The molecule has 0 radical (unpaired) electrons. The van der Waals surface area contributed by atoms with Gasteiger partial charge in [0.2, 0.25) is 0 Å². The normalized spacial score (nSPS) is 10.3. The highest BCUT2D eigenvalue weighted by Gasteiger charge is 2.10. The largest absolute Gasteiger partial charge is 0.321 e. The Morgan fingerprint density at radius 1 is 1.16 bits per heavy atom. The first-order chi connectivity index (χ1) is 8.97. The van der Waals surface area contributed by atoms with Crippen LogP contribution in [-0.2, 0) is 0 Å². The van der Waals surface area contributed by atoms with E-state index in [-0.39, 0.29) is 5.91 Å². The number of amides is 1. The Hall–Kier alpha value is -0.780. The van der Waals surface area contributed by atoms with E-state index in [0.29, 0.717) is 21.3 Å². The van der Waals surface area contributed by atoms with Gasteiger partial charge >= 0.3 is 0 Å². The molecule has 2 nitrogen and oxygen atoms in total. The van der Waals surface area contributed by atoms with E-state index >= 15 is 0 Å². The Balaban J connectivity index is 2.25. The number of benzene rings is 2. The van der Waals surface area contributed by atoms with Gasteiger partial charge in [0, 0.05) is 14.2 Å². The van der Waals surface area contributed by atoms with Crippen molar-refractivity contribution >= 4 is 57.4 Å². The third kappa shape index (κ3) is 3.61. The highest BCUT2D eigenvalue weighted by atomic mass is 127. The van der Waals surface area contributed by atoms with Gasteiger partial charge < -0.3 is 5.32 Å². The van der Waals surface area contributed by atoms with Crippen LogP contribution in [0.4, 0.5) is 5.69 Å². The van der Waals surface area contributed by atoms with E-state index in [9.17, 15) is 4.79 Å². The second-order valence-electron chi connectivity index (χ2n) is 4.04. The predicted molar refractivity (Wildman–Crippen MR) is 88.3 cm³/mol. The Labute approximate surface area is 135 Å². The summed E-state index contributed by atoms with van der Waals surface area (Å²) in [5.74, 6) is -0.206. The maximum atomic E-state index is 12.1. The lowest BCUT2D eigenvalue weighted by Crippen LogP contribution is -2.12. The zero-order valence-electron chi connectivity index (χ0n) is 10.0. The summed E-state index contributed by atoms with van der Waals surface area (Å²) in [7, 11) is 0. The predicted octanol–water partition coefficient (Wildman–Crippen LogP) is 5.16. The lowest BCUT2D eigenvalue weighted by molar-refractivity contribution is 0.102. The maximum absolute atomic E-state index is 12.1. The first kappa shape index (κ1) is 14.6. The average Bonchev–Trinajstić information content (AvgIpc) is 2.37. The van der Waals surface area contributed by atoms with Crippen molar-refractivity contribution in [2.24, 2.45) is 0 Å². The Bertz CT molecular complexity index is 643. The fourth-order valence-corrected chi connectivity index (χ4v) is 2.37. The minimum atomic E-state index is -0.206. The Kier molecular flexibility index (Phi) is 4.71. The molecule has 1 amide bonds. The molecule has 0 spiro atoms. The number of hydrogen-bond acceptors (Lipinski definition) is 1. The van der Waals surface area contributed by atoms with E-state index < -0.39 is 0 Å². The summed E-state index contributed by atoms with van der Waals surface area (Å²) in [4.78, 5) is 12.1. The quantitative estimate of drug-likeness (QED) is 0.687. The molecule has 0 aliphatic heterocycles. The van der Waals surface area contributed by atoms with Gasteiger partial charge in [0.1, 0.15) is 0 Å². The van der Waals surface area contributed by atoms with Crippen LogP contribution in [-0.4, -0.2) is 5.91 Å². The lowest BCUT2D eigenvalue weighted by atomic mass is 10.1. The lowest BCUT2D eigenvalue weighted by Gasteiger charge is -2.08. The molecule has 0 fully saturated rings. The molecule has 1 N–H and O–H groups in total. The van der Waals surface area contributed by atoms with Crippen molar-refractivity contribution in [2.75, 3.05) is 5.32 Å². The van der Waals surface area contributed by atoms with E-state index in [1.54, 1.807) is 24.3 Å². The molecule has 19 heavy (non-hydrogen) atoms. The number of hydrogen-bond donors (Lipinski definition) is 1. The van der Waals surface area contributed by atoms with Crippen molar-refractivity contribution in [1.29, 1.82) is 0 Å². The topological polar surface area (TPSA) is 29.1 Å². The van der Waals surface area contributed by atoms with Crippen LogP contribution in [0.5, 0.6) is 0 Å². The number of aryl methyl sites for hydroxylation is 1. The molecule has 0 aliphatic rings. The van der Waals surface area contributed by atoms with Crippen LogP contribution in [0.25, 0.3) is 0 Å². The van der Waals surface area contributed by atoms with E-state index in [0.717, 1.165) is 9.13 Å². The summed E-state index contributed by atoms with van der Waals surface area (Å²) in [6.07, 6.45) is 0. The molecule has 5 heteroatoms. The van der Waals surface area contributed by atoms with Crippen LogP contribution in [0.1, 0.15) is 15.9 Å². The molecule has 0 unspecified atom stereocenters. The van der Waals surface area contributed by atoms with E-state index in [1.807, 2.05) is 19.1 Å². The van der Waals surface area contributed by atoms with Gasteiger partial charge in [-0.1, -0.05) is 29.3 Å². The first-order valence-corrected chi connectivity index (χ1v) is 7.33. The number of anilines is 1. The highest BCUT2D eigenvalue weighted by Crippen LogP contribution is 2.26. The van der Waals surface area contributed by atoms with Gasteiger partial charge in [-0.25, -0.2) is 0 Å². The number of rotatable bonds is 2. The monoisotopic (exact) mass is 405 g/mol. The van der Waals surface area contributed by atoms with Crippen LogP contribution < -0.4 is 5.32 Å². The SMILES string of the molecule is Cc1ccc(C(=O)Nc2cc(Cl)ccc2Cl)cc1I. The van der Waals surface area contributed by atoms with Crippen LogP contribution in [0, 0.1) is 10.5 Å². The standard InChI is InChI=1S/C14H10Cl2INO/c1-8-2-3-9(6-12(8)17)14(19)18-13-7-10(15)4-5-11(13)16/h2-7H,1H3,(H,18,19). The minimum absolute atomic E-state index is 0.206. The van der Waals surface area contributed by atoms with Gasteiger partial charge in [-0.15, -0.1) is 0 Å². The van der Waals surface area contributed by atoms with Crippen molar-refractivity contribution in [3.05, 3.63) is 61.1 Å². The molecule has 98 valence electrons. The van der Waals surface area contributed by atoms with Gasteiger partial charge in [0.05, 0.1) is 10.7 Å². The van der Waals surface area contributed by atoms with Crippen LogP contribution in [0.2, 0.25) is 10.0 Å². The van der Waals surface area contributed by atoms with Gasteiger partial charge in [-0.05, 0) is 65.4 Å². The molecule has 0 saturated carbocycles. The summed E-state index contributed by atoms with van der Waals surface area (Å²) < 4.78 is 1.04. The number of halogens is 3. The van der Waals surface area contributed by atoms with Gasteiger partial charge in [0.25, 0.3) is 5.91 Å². The fraction of sp³-hybridized carbons (Fsp3) is 0.0714. The molecule has 0 aliphatic carbocycles. The van der Waals surface area contributed by atoms with Crippen LogP contribution in [0.15, 0.2) is 36.4 Å². The Morgan fingerprint density at radius 3 is 2.58 bits per heavy atom. The van der Waals surface area contributed by atoms with Crippen molar-refractivity contribution in [3.8, 4) is 0 Å². The minimum Gasteiger partial charge on any atom is -0.321 e. The van der Waals surface area contributed by atoms with Crippen molar-refractivity contribution < 1.29 is 4.79 Å². The first-order valence-electron chi connectivity index (χ1n) is 5.50. The summed E-state index contributed by atoms with van der Waals surface area (Å²) in [5, 5.41) is 3.74. The maximum Gasteiger partial charge on any atom is 0.255 e. The van der Waals surface area contributed by atoms with Crippen LogP contribution >= 0.6 is 45.8 Å². The summed E-state index contributed by atoms with van der Waals surface area (Å²) in [6, 6.07) is 10.5. The second-order valence-corrected chi connectivity index (χ2v) is 6.05. The fourth-order valence-electron chi connectivity index (χ4n) is 1.52. The summed E-state index contributed by atoms with van der Waals surface area (Å²) in [5.41, 5.74) is 2.23. The number of nitrogens with one attached hydrogen (secondary N) is 1. The summed E-state index contributed by atoms with van der Waals surface area (Å²) >= 11 is 14.1. The Morgan fingerprint density at radius 2 is 1.89 bits per heavy atom. The van der Waals surface area contributed by atoms with Gasteiger partial charge in [-0.2, -0.15) is 0 Å². The number of carbonyl (C=O) groups is 1. The molecule has 2 rings (SSSR count). The van der Waals surface area contributed by atoms with Crippen molar-refractivity contribution in [3.63, 3.8) is 0 Å². The zero-order valence-corrected chi connectivity index (χ0v) is 13.7. The van der Waals surface area contributed by atoms with E-state index in [1.165, 1.54) is 0 Å². The smallest absolute Gasteiger partial charge is 0.255 e. The van der Waals surface area contributed by atoms with E-state index in [2.05, 4.69) is 27.9 Å². The molecular weight excluding hydrogens is 396 g/mol. The molecule has 0 saturated heterocycles. The summed E-state index contributed by atoms with van der Waals surface area (Å²) in [6.45, 7) is 2.00.